The lowest BCUT2D eigenvalue weighted by molar-refractivity contribution is -0.121. The number of rotatable bonds is 7. The van der Waals surface area contributed by atoms with Crippen molar-refractivity contribution in [1.82, 2.24) is 4.90 Å². The maximum Gasteiger partial charge on any atom is 0.335 e. The zero-order chi connectivity index (χ0) is 25.8. The van der Waals surface area contributed by atoms with Crippen molar-refractivity contribution in [2.75, 3.05) is 14.2 Å². The predicted molar refractivity (Wildman–Crippen MR) is 143 cm³/mol. The molecule has 1 heterocycles. The maximum atomic E-state index is 12.8. The molecule has 0 spiro atoms. The molecule has 0 bridgehead atoms. The van der Waals surface area contributed by atoms with Crippen molar-refractivity contribution in [3.8, 4) is 11.5 Å². The van der Waals surface area contributed by atoms with Crippen LogP contribution in [0.1, 0.15) is 21.5 Å². The van der Waals surface area contributed by atoms with Gasteiger partial charge in [0.1, 0.15) is 6.61 Å². The number of hydrogen-bond donors (Lipinski definition) is 1. The van der Waals surface area contributed by atoms with Crippen LogP contribution in [0.5, 0.6) is 11.5 Å². The lowest BCUT2D eigenvalue weighted by atomic mass is 10.1. The molecule has 3 aromatic rings. The van der Waals surface area contributed by atoms with Crippen LogP contribution >= 0.6 is 35.0 Å². The summed E-state index contributed by atoms with van der Waals surface area (Å²) in [6, 6.07) is 16.9. The fourth-order valence-electron chi connectivity index (χ4n) is 3.32. The van der Waals surface area contributed by atoms with Gasteiger partial charge >= 0.3 is 5.97 Å². The minimum absolute atomic E-state index is 0.160. The summed E-state index contributed by atoms with van der Waals surface area (Å²) in [6.45, 7) is 0.211. The van der Waals surface area contributed by atoms with Crippen molar-refractivity contribution in [3.63, 3.8) is 0 Å². The van der Waals surface area contributed by atoms with Gasteiger partial charge in [-0.2, -0.15) is 0 Å². The average Bonchev–Trinajstić information content (AvgIpc) is 3.12. The third-order valence-corrected chi connectivity index (χ3v) is 6.93. The Bertz CT molecular complexity index is 1390. The number of likely N-dealkylation sites (N-methyl/N-ethyl adjacent to an activating group) is 1. The van der Waals surface area contributed by atoms with E-state index in [2.05, 4.69) is 4.99 Å². The number of hydrogen-bond acceptors (Lipinski definition) is 6. The molecule has 4 rings (SSSR count). The van der Waals surface area contributed by atoms with Gasteiger partial charge in [0.2, 0.25) is 0 Å². The molecule has 0 unspecified atom stereocenters. The summed E-state index contributed by atoms with van der Waals surface area (Å²) in [6.07, 6.45) is 1.70. The van der Waals surface area contributed by atoms with E-state index in [0.717, 1.165) is 5.56 Å². The molecule has 3 aromatic carbocycles. The highest BCUT2D eigenvalue weighted by atomic mass is 35.5. The van der Waals surface area contributed by atoms with E-state index in [-0.39, 0.29) is 18.1 Å². The Kier molecular flexibility index (Phi) is 7.88. The van der Waals surface area contributed by atoms with Crippen molar-refractivity contribution in [2.45, 2.75) is 6.61 Å². The molecule has 0 aliphatic carbocycles. The van der Waals surface area contributed by atoms with Gasteiger partial charge in [0.15, 0.2) is 16.7 Å². The molecule has 1 amide bonds. The van der Waals surface area contributed by atoms with Crippen LogP contribution in [0.25, 0.3) is 6.08 Å². The lowest BCUT2D eigenvalue weighted by Crippen LogP contribution is -2.23. The second-order valence-corrected chi connectivity index (χ2v) is 9.46. The van der Waals surface area contributed by atoms with Gasteiger partial charge in [-0.3, -0.25) is 9.69 Å². The number of benzene rings is 3. The van der Waals surface area contributed by atoms with Crippen molar-refractivity contribution in [2.24, 2.45) is 4.99 Å². The zero-order valence-corrected chi connectivity index (χ0v) is 21.5. The number of aliphatic imine (C=N–C) groups is 1. The molecule has 0 saturated carbocycles. The van der Waals surface area contributed by atoms with Gasteiger partial charge in [0.25, 0.3) is 5.91 Å². The fraction of sp³-hybridized carbons (Fsp3) is 0.115. The number of ether oxygens (including phenoxy) is 2. The fourth-order valence-corrected chi connectivity index (χ4v) is 4.77. The molecule has 0 radical (unpaired) electrons. The van der Waals surface area contributed by atoms with Crippen molar-refractivity contribution >= 4 is 63.8 Å². The highest BCUT2D eigenvalue weighted by Crippen LogP contribution is 2.39. The van der Waals surface area contributed by atoms with E-state index >= 15 is 0 Å². The van der Waals surface area contributed by atoms with Crippen LogP contribution in [0.2, 0.25) is 10.0 Å². The maximum absolute atomic E-state index is 12.8. The Labute approximate surface area is 221 Å². The lowest BCUT2D eigenvalue weighted by Gasteiger charge is -2.14. The summed E-state index contributed by atoms with van der Waals surface area (Å²) in [7, 11) is 3.13. The monoisotopic (exact) mass is 542 g/mol. The number of methoxy groups -OCH3 is 1. The van der Waals surface area contributed by atoms with Gasteiger partial charge < -0.3 is 14.6 Å². The normalized spacial score (nSPS) is 15.6. The molecular weight excluding hydrogens is 523 g/mol. The number of amides is 1. The van der Waals surface area contributed by atoms with Gasteiger partial charge in [-0.15, -0.1) is 0 Å². The van der Waals surface area contributed by atoms with E-state index < -0.39 is 5.97 Å². The first-order valence-electron chi connectivity index (χ1n) is 10.6. The van der Waals surface area contributed by atoms with Crippen molar-refractivity contribution in [1.29, 1.82) is 0 Å². The molecule has 1 fully saturated rings. The number of nitrogens with zero attached hydrogens (tertiary/aromatic N) is 2. The first-order valence-corrected chi connectivity index (χ1v) is 12.2. The summed E-state index contributed by atoms with van der Waals surface area (Å²) in [5.41, 5.74) is 2.16. The third-order valence-electron chi connectivity index (χ3n) is 5.22. The Morgan fingerprint density at radius 3 is 2.50 bits per heavy atom. The van der Waals surface area contributed by atoms with Crippen LogP contribution in [0.15, 0.2) is 70.6 Å². The molecule has 1 saturated heterocycles. The molecule has 36 heavy (non-hydrogen) atoms. The molecule has 7 nitrogen and oxygen atoms in total. The Morgan fingerprint density at radius 1 is 1.11 bits per heavy atom. The smallest absolute Gasteiger partial charge is 0.335 e. The van der Waals surface area contributed by atoms with E-state index in [1.54, 1.807) is 43.5 Å². The number of amidine groups is 1. The van der Waals surface area contributed by atoms with E-state index in [0.29, 0.717) is 42.9 Å². The van der Waals surface area contributed by atoms with E-state index in [9.17, 15) is 9.59 Å². The molecule has 0 atom stereocenters. The second-order valence-electron chi connectivity index (χ2n) is 7.64. The first kappa shape index (κ1) is 25.6. The van der Waals surface area contributed by atoms with Crippen molar-refractivity contribution < 1.29 is 24.2 Å². The van der Waals surface area contributed by atoms with Crippen LogP contribution in [0.4, 0.5) is 5.69 Å². The van der Waals surface area contributed by atoms with Crippen LogP contribution in [0, 0.1) is 0 Å². The Hall–Kier alpha value is -3.46. The van der Waals surface area contributed by atoms with Crippen LogP contribution < -0.4 is 9.47 Å². The SMILES string of the molecule is COc1cc(/C=C2\SC(=Nc3ccc(C(=O)O)cc3)N(C)C2=O)cc(Cl)c1OCc1ccccc1Cl. The first-order chi connectivity index (χ1) is 17.3. The Morgan fingerprint density at radius 2 is 1.83 bits per heavy atom. The summed E-state index contributed by atoms with van der Waals surface area (Å²) >= 11 is 13.9. The third kappa shape index (κ3) is 5.67. The highest BCUT2D eigenvalue weighted by molar-refractivity contribution is 8.18. The second kappa shape index (κ2) is 11.1. The Balaban J connectivity index is 1.56. The number of aromatic carboxylic acids is 1. The van der Waals surface area contributed by atoms with E-state index in [4.69, 9.17) is 37.8 Å². The molecule has 184 valence electrons. The summed E-state index contributed by atoms with van der Waals surface area (Å²) in [5, 5.41) is 10.4. The largest absolute Gasteiger partial charge is 0.493 e. The summed E-state index contributed by atoms with van der Waals surface area (Å²) in [4.78, 5) is 30.2. The van der Waals surface area contributed by atoms with Gasteiger partial charge in [0, 0.05) is 17.6 Å². The average molecular weight is 543 g/mol. The number of carbonyl (C=O) groups excluding carboxylic acids is 1. The predicted octanol–water partition coefficient (Wildman–Crippen LogP) is 6.51. The number of carboxylic acids is 1. The topological polar surface area (TPSA) is 88.4 Å². The zero-order valence-electron chi connectivity index (χ0n) is 19.2. The molecule has 1 N–H and O–H groups in total. The summed E-state index contributed by atoms with van der Waals surface area (Å²) < 4.78 is 11.4. The van der Waals surface area contributed by atoms with Gasteiger partial charge in [-0.1, -0.05) is 41.4 Å². The number of carboxylic acid groups (broad SMARTS) is 1. The van der Waals surface area contributed by atoms with E-state index in [1.807, 2.05) is 18.2 Å². The van der Waals surface area contributed by atoms with Gasteiger partial charge in [-0.05, 0) is 65.9 Å². The molecule has 0 aromatic heterocycles. The number of carbonyl (C=O) groups is 2. The van der Waals surface area contributed by atoms with Crippen LogP contribution in [0.3, 0.4) is 0 Å². The molecule has 1 aliphatic heterocycles. The van der Waals surface area contributed by atoms with Crippen LogP contribution in [-0.4, -0.2) is 41.2 Å². The molecule has 1 aliphatic rings. The number of halogens is 2. The molecule has 10 heteroatoms. The number of thioether (sulfide) groups is 1. The van der Waals surface area contributed by atoms with E-state index in [1.165, 1.54) is 35.9 Å². The van der Waals surface area contributed by atoms with Crippen molar-refractivity contribution in [3.05, 3.63) is 92.3 Å². The van der Waals surface area contributed by atoms with Crippen LogP contribution in [-0.2, 0) is 11.4 Å². The van der Waals surface area contributed by atoms with Gasteiger partial charge in [0.05, 0.1) is 28.3 Å². The summed E-state index contributed by atoms with van der Waals surface area (Å²) in [5.74, 6) is -0.459. The quantitative estimate of drug-likeness (QED) is 0.342. The highest BCUT2D eigenvalue weighted by Gasteiger charge is 2.30. The molecular formula is C26H20Cl2N2O5S. The van der Waals surface area contributed by atoms with Gasteiger partial charge in [-0.25, -0.2) is 9.79 Å². The minimum atomic E-state index is -1.02. The standard InChI is InChI=1S/C26H20Cl2N2O5S/c1-30-24(31)22(36-26(30)29-18-9-7-16(8-10-18)25(32)33)13-15-11-20(28)23(21(12-15)34-2)35-14-17-5-3-4-6-19(17)27/h3-13H,14H2,1-2H3,(H,32,33)/b22-13-,29-26?. The minimum Gasteiger partial charge on any atom is -0.493 e.